The van der Waals surface area contributed by atoms with Crippen LogP contribution in [0.15, 0.2) is 24.3 Å². The Bertz CT molecular complexity index is 420. The molecule has 1 N–H and O–H groups in total. The molecule has 0 aromatic heterocycles. The molecule has 0 saturated heterocycles. The third-order valence-corrected chi connectivity index (χ3v) is 3.41. The number of hydrogen-bond acceptors (Lipinski definition) is 3. The molecule has 1 heterocycles. The number of carboxylic acid groups (broad SMARTS) is 1. The Balaban J connectivity index is 1.99. The van der Waals surface area contributed by atoms with Gasteiger partial charge in [-0.05, 0) is 24.6 Å². The lowest BCUT2D eigenvalue weighted by Crippen LogP contribution is -2.30. The summed E-state index contributed by atoms with van der Waals surface area (Å²) in [7, 11) is 2.11. The molecule has 98 valence electrons. The van der Waals surface area contributed by atoms with Crippen molar-refractivity contribution >= 4 is 11.7 Å². The molecule has 1 aromatic rings. The van der Waals surface area contributed by atoms with E-state index in [0.717, 1.165) is 32.6 Å². The number of anilines is 1. The van der Waals surface area contributed by atoms with Crippen molar-refractivity contribution in [3.05, 3.63) is 29.8 Å². The second-order valence-corrected chi connectivity index (χ2v) is 4.82. The van der Waals surface area contributed by atoms with E-state index in [2.05, 4.69) is 41.1 Å². The van der Waals surface area contributed by atoms with Gasteiger partial charge in [-0.25, -0.2) is 0 Å². The Kier molecular flexibility index (Phi) is 4.20. The monoisotopic (exact) mass is 248 g/mol. The molecule has 0 aliphatic carbocycles. The summed E-state index contributed by atoms with van der Waals surface area (Å²) in [4.78, 5) is 15.1. The molecule has 0 spiro atoms. The highest BCUT2D eigenvalue weighted by Crippen LogP contribution is 2.23. The van der Waals surface area contributed by atoms with Gasteiger partial charge in [0.25, 0.3) is 0 Å². The zero-order valence-corrected chi connectivity index (χ0v) is 10.8. The van der Waals surface area contributed by atoms with Crippen LogP contribution in [0.3, 0.4) is 0 Å². The highest BCUT2D eigenvalue weighted by atomic mass is 16.4. The van der Waals surface area contributed by atoms with E-state index in [1.165, 1.54) is 11.3 Å². The van der Waals surface area contributed by atoms with Crippen LogP contribution in [-0.2, 0) is 11.3 Å². The van der Waals surface area contributed by atoms with Crippen molar-refractivity contribution in [3.8, 4) is 0 Å². The van der Waals surface area contributed by atoms with Crippen LogP contribution in [0.4, 0.5) is 5.69 Å². The van der Waals surface area contributed by atoms with Crippen LogP contribution in [0.2, 0.25) is 0 Å². The summed E-state index contributed by atoms with van der Waals surface area (Å²) in [5, 5.41) is 8.67. The average molecular weight is 248 g/mol. The summed E-state index contributed by atoms with van der Waals surface area (Å²) < 4.78 is 0. The predicted molar refractivity (Wildman–Crippen MR) is 71.9 cm³/mol. The molecule has 0 unspecified atom stereocenters. The first kappa shape index (κ1) is 12.9. The van der Waals surface area contributed by atoms with E-state index in [0.29, 0.717) is 0 Å². The van der Waals surface area contributed by atoms with Crippen LogP contribution in [0.1, 0.15) is 18.4 Å². The summed E-state index contributed by atoms with van der Waals surface area (Å²) >= 11 is 0. The molecule has 0 saturated carbocycles. The fourth-order valence-electron chi connectivity index (χ4n) is 2.39. The summed E-state index contributed by atoms with van der Waals surface area (Å²) in [5.41, 5.74) is 2.62. The first-order valence-corrected chi connectivity index (χ1v) is 6.40. The molecule has 2 rings (SSSR count). The van der Waals surface area contributed by atoms with E-state index in [1.807, 2.05) is 0 Å². The molecule has 4 heteroatoms. The number of rotatable bonds is 4. The largest absolute Gasteiger partial charge is 0.481 e. The van der Waals surface area contributed by atoms with Crippen molar-refractivity contribution in [3.63, 3.8) is 0 Å². The maximum atomic E-state index is 10.5. The maximum Gasteiger partial charge on any atom is 0.303 e. The highest BCUT2D eigenvalue weighted by Gasteiger charge is 2.16. The van der Waals surface area contributed by atoms with Gasteiger partial charge in [-0.1, -0.05) is 18.2 Å². The lowest BCUT2D eigenvalue weighted by Gasteiger charge is -2.20. The second kappa shape index (κ2) is 5.87. The third-order valence-electron chi connectivity index (χ3n) is 3.41. The van der Waals surface area contributed by atoms with Gasteiger partial charge in [0.05, 0.1) is 0 Å². The summed E-state index contributed by atoms with van der Waals surface area (Å²) in [5.74, 6) is -0.706. The summed E-state index contributed by atoms with van der Waals surface area (Å²) in [6, 6.07) is 8.43. The van der Waals surface area contributed by atoms with E-state index in [-0.39, 0.29) is 6.42 Å². The van der Waals surface area contributed by atoms with Gasteiger partial charge in [0, 0.05) is 38.8 Å². The Morgan fingerprint density at radius 1 is 1.33 bits per heavy atom. The Morgan fingerprint density at radius 2 is 2.11 bits per heavy atom. The number of hydrogen-bond donors (Lipinski definition) is 1. The number of nitrogens with zero attached hydrogens (tertiary/aromatic N) is 2. The van der Waals surface area contributed by atoms with Gasteiger partial charge < -0.3 is 10.0 Å². The predicted octanol–water partition coefficient (Wildman–Crippen LogP) is 1.80. The minimum absolute atomic E-state index is 0.258. The van der Waals surface area contributed by atoms with Crippen molar-refractivity contribution in [2.45, 2.75) is 19.4 Å². The van der Waals surface area contributed by atoms with Crippen molar-refractivity contribution < 1.29 is 9.90 Å². The summed E-state index contributed by atoms with van der Waals surface area (Å²) in [6.45, 7) is 3.75. The second-order valence-electron chi connectivity index (χ2n) is 4.82. The number of carbonyl (C=O) groups is 1. The topological polar surface area (TPSA) is 43.8 Å². The van der Waals surface area contributed by atoms with Gasteiger partial charge in [0.2, 0.25) is 0 Å². The number of fused-ring (bicyclic) bond motifs is 1. The van der Waals surface area contributed by atoms with E-state index < -0.39 is 5.97 Å². The molecule has 0 bridgehead atoms. The van der Waals surface area contributed by atoms with Crippen molar-refractivity contribution in [2.24, 2.45) is 0 Å². The first-order valence-electron chi connectivity index (χ1n) is 6.40. The van der Waals surface area contributed by atoms with Gasteiger partial charge in [0.15, 0.2) is 0 Å². The number of likely N-dealkylation sites (N-methyl/N-ethyl adjacent to an activating group) is 1. The number of carboxylic acids is 1. The van der Waals surface area contributed by atoms with Gasteiger partial charge in [-0.15, -0.1) is 0 Å². The molecular weight excluding hydrogens is 228 g/mol. The first-order chi connectivity index (χ1) is 8.66. The number of benzene rings is 1. The Hall–Kier alpha value is -1.55. The molecule has 1 aromatic carbocycles. The highest BCUT2D eigenvalue weighted by molar-refractivity contribution is 5.66. The zero-order chi connectivity index (χ0) is 13.0. The molecule has 1 aliphatic heterocycles. The van der Waals surface area contributed by atoms with Gasteiger partial charge in [0.1, 0.15) is 0 Å². The normalized spacial score (nSPS) is 16.2. The average Bonchev–Trinajstić information content (AvgIpc) is 2.50. The van der Waals surface area contributed by atoms with Crippen molar-refractivity contribution in [1.29, 1.82) is 0 Å². The third kappa shape index (κ3) is 3.23. The zero-order valence-electron chi connectivity index (χ0n) is 10.8. The van der Waals surface area contributed by atoms with E-state index in [1.54, 1.807) is 0 Å². The molecule has 0 atom stereocenters. The molecule has 1 aliphatic rings. The van der Waals surface area contributed by atoms with Crippen molar-refractivity contribution in [1.82, 2.24) is 4.90 Å². The van der Waals surface area contributed by atoms with E-state index in [4.69, 9.17) is 5.11 Å². The molecule has 0 radical (unpaired) electrons. The van der Waals surface area contributed by atoms with Crippen LogP contribution < -0.4 is 4.90 Å². The quantitative estimate of drug-likeness (QED) is 0.882. The Morgan fingerprint density at radius 3 is 2.89 bits per heavy atom. The van der Waals surface area contributed by atoms with Crippen LogP contribution in [0.25, 0.3) is 0 Å². The number of para-hydroxylation sites is 1. The smallest absolute Gasteiger partial charge is 0.303 e. The van der Waals surface area contributed by atoms with E-state index in [9.17, 15) is 4.79 Å². The standard InChI is InChI=1S/C14H20N2O2/c1-15-9-10-16(8-4-7-14(17)18)11-12-5-2-3-6-13(12)15/h2-3,5-6H,4,7-11H2,1H3,(H,17,18). The van der Waals surface area contributed by atoms with Crippen molar-refractivity contribution in [2.75, 3.05) is 31.6 Å². The fraction of sp³-hybridized carbons (Fsp3) is 0.500. The maximum absolute atomic E-state index is 10.5. The lowest BCUT2D eigenvalue weighted by molar-refractivity contribution is -0.137. The lowest BCUT2D eigenvalue weighted by atomic mass is 10.1. The minimum Gasteiger partial charge on any atom is -0.481 e. The van der Waals surface area contributed by atoms with Crippen LogP contribution in [0.5, 0.6) is 0 Å². The van der Waals surface area contributed by atoms with Crippen LogP contribution >= 0.6 is 0 Å². The van der Waals surface area contributed by atoms with Gasteiger partial charge in [-0.3, -0.25) is 9.69 Å². The molecule has 18 heavy (non-hydrogen) atoms. The van der Waals surface area contributed by atoms with E-state index >= 15 is 0 Å². The molecule has 4 nitrogen and oxygen atoms in total. The fourth-order valence-corrected chi connectivity index (χ4v) is 2.39. The Labute approximate surface area is 108 Å². The molecular formula is C14H20N2O2. The minimum atomic E-state index is -0.706. The van der Waals surface area contributed by atoms with Crippen LogP contribution in [0, 0.1) is 0 Å². The summed E-state index contributed by atoms with van der Waals surface area (Å²) in [6.07, 6.45) is 0.981. The SMILES string of the molecule is CN1CCN(CCCC(=O)O)Cc2ccccc21. The van der Waals surface area contributed by atoms with Crippen LogP contribution in [-0.4, -0.2) is 42.7 Å². The van der Waals surface area contributed by atoms with Gasteiger partial charge in [-0.2, -0.15) is 0 Å². The molecule has 0 fully saturated rings. The van der Waals surface area contributed by atoms with Gasteiger partial charge >= 0.3 is 5.97 Å². The number of aliphatic carboxylic acids is 1. The molecule has 0 amide bonds.